The first kappa shape index (κ1) is 14.9. The largest absolute Gasteiger partial charge is 0.453 e. The van der Waals surface area contributed by atoms with Crippen LogP contribution in [0.4, 0.5) is 32.0 Å². The fraction of sp³-hybridized carbons (Fsp3) is 0.273. The van der Waals surface area contributed by atoms with Gasteiger partial charge < -0.3 is 5.32 Å². The van der Waals surface area contributed by atoms with E-state index < -0.39 is 29.4 Å². The summed E-state index contributed by atoms with van der Waals surface area (Å²) in [5, 5.41) is 5.75. The lowest BCUT2D eigenvalue weighted by atomic mass is 10.1. The second-order valence-corrected chi connectivity index (χ2v) is 4.85. The highest BCUT2D eigenvalue weighted by Crippen LogP contribution is 2.41. The van der Waals surface area contributed by atoms with E-state index in [-0.39, 0.29) is 17.1 Å². The van der Waals surface area contributed by atoms with E-state index in [0.29, 0.717) is 10.7 Å². The van der Waals surface area contributed by atoms with Crippen LogP contribution in [0.3, 0.4) is 0 Å². The van der Waals surface area contributed by atoms with E-state index in [4.69, 9.17) is 11.6 Å². The number of anilines is 1. The van der Waals surface area contributed by atoms with E-state index in [1.54, 1.807) is 0 Å². The fourth-order valence-corrected chi connectivity index (χ4v) is 2.26. The molecule has 1 aromatic heterocycles. The van der Waals surface area contributed by atoms with E-state index in [9.17, 15) is 26.3 Å². The van der Waals surface area contributed by atoms with Gasteiger partial charge in [-0.05, 0) is 18.2 Å². The van der Waals surface area contributed by atoms with Gasteiger partial charge >= 0.3 is 12.4 Å². The monoisotopic (exact) mass is 342 g/mol. The quantitative estimate of drug-likeness (QED) is 0.445. The molecular formula is C11H5ClF6N4. The normalized spacial score (nSPS) is 17.7. The van der Waals surface area contributed by atoms with Crippen molar-refractivity contribution < 1.29 is 26.3 Å². The maximum Gasteiger partial charge on any atom is 0.453 e. The van der Waals surface area contributed by atoms with Crippen LogP contribution in [-0.2, 0) is 12.4 Å². The topological polar surface area (TPSA) is 42.7 Å². The average molecular weight is 343 g/mol. The minimum Gasteiger partial charge on any atom is -0.351 e. The molecule has 4 nitrogen and oxygen atoms in total. The van der Waals surface area contributed by atoms with Gasteiger partial charge in [-0.2, -0.15) is 26.3 Å². The number of rotatable bonds is 0. The molecule has 22 heavy (non-hydrogen) atoms. The number of benzene rings is 1. The summed E-state index contributed by atoms with van der Waals surface area (Å²) in [6.45, 7) is 0. The summed E-state index contributed by atoms with van der Waals surface area (Å²) < 4.78 is 76.9. The number of nitrogens with one attached hydrogen (secondary N) is 1. The maximum atomic E-state index is 12.7. The summed E-state index contributed by atoms with van der Waals surface area (Å²) in [7, 11) is 0. The first-order valence-corrected chi connectivity index (χ1v) is 6.17. The van der Waals surface area contributed by atoms with Gasteiger partial charge in [0.2, 0.25) is 0 Å². The standard InChI is InChI=1S/C11H5ClF6N4/c12-9-19-6-2-1-4(10(13,14)15)3-5(6)7-20-8(11(16,17)18)21-22(7)9/h1-3,9,19H. The Morgan fingerprint density at radius 1 is 1.09 bits per heavy atom. The molecule has 0 amide bonds. The molecule has 0 aliphatic carbocycles. The predicted molar refractivity (Wildman–Crippen MR) is 64.0 cm³/mol. The van der Waals surface area contributed by atoms with E-state index in [1.165, 1.54) is 0 Å². The van der Waals surface area contributed by atoms with Crippen molar-refractivity contribution in [1.82, 2.24) is 14.8 Å². The summed E-state index contributed by atoms with van der Waals surface area (Å²) in [6, 6.07) is 2.58. The number of fused-ring (bicyclic) bond motifs is 3. The Kier molecular flexibility index (Phi) is 3.06. The molecule has 0 radical (unpaired) electrons. The zero-order valence-electron chi connectivity index (χ0n) is 10.3. The average Bonchev–Trinajstić information content (AvgIpc) is 2.83. The van der Waals surface area contributed by atoms with Crippen LogP contribution in [0.2, 0.25) is 0 Å². The molecule has 0 spiro atoms. The number of hydrogen-bond donors (Lipinski definition) is 1. The molecule has 1 aliphatic rings. The van der Waals surface area contributed by atoms with Gasteiger partial charge in [-0.25, -0.2) is 9.67 Å². The molecule has 0 saturated heterocycles. The molecule has 0 saturated carbocycles. The molecule has 3 rings (SSSR count). The van der Waals surface area contributed by atoms with Crippen molar-refractivity contribution in [1.29, 1.82) is 0 Å². The summed E-state index contributed by atoms with van der Waals surface area (Å²) in [6.07, 6.45) is -9.46. The van der Waals surface area contributed by atoms with Crippen LogP contribution in [-0.4, -0.2) is 14.8 Å². The van der Waals surface area contributed by atoms with Crippen molar-refractivity contribution in [2.45, 2.75) is 18.0 Å². The molecule has 1 aliphatic heterocycles. The first-order valence-electron chi connectivity index (χ1n) is 5.73. The second kappa shape index (κ2) is 4.51. The number of nitrogens with zero attached hydrogens (tertiary/aromatic N) is 3. The van der Waals surface area contributed by atoms with Gasteiger partial charge in [0, 0.05) is 11.3 Å². The Morgan fingerprint density at radius 3 is 2.36 bits per heavy atom. The minimum absolute atomic E-state index is 0.140. The van der Waals surface area contributed by atoms with Crippen LogP contribution < -0.4 is 5.32 Å². The molecule has 0 bridgehead atoms. The third-order valence-electron chi connectivity index (χ3n) is 2.96. The number of halogens is 7. The van der Waals surface area contributed by atoms with Crippen molar-refractivity contribution in [2.75, 3.05) is 5.32 Å². The summed E-state index contributed by atoms with van der Waals surface area (Å²) in [5.41, 5.74) is -2.22. The van der Waals surface area contributed by atoms with Crippen molar-refractivity contribution in [2.24, 2.45) is 0 Å². The predicted octanol–water partition coefficient (Wildman–Crippen LogP) is 4.10. The molecule has 2 aromatic rings. The zero-order chi connectivity index (χ0) is 16.3. The molecule has 11 heteroatoms. The number of hydrogen-bond acceptors (Lipinski definition) is 3. The Balaban J connectivity index is 2.19. The maximum absolute atomic E-state index is 12.7. The van der Waals surface area contributed by atoms with Gasteiger partial charge in [0.1, 0.15) is 0 Å². The lowest BCUT2D eigenvalue weighted by Gasteiger charge is -2.24. The van der Waals surface area contributed by atoms with Crippen molar-refractivity contribution >= 4 is 17.3 Å². The molecule has 118 valence electrons. The van der Waals surface area contributed by atoms with Crippen LogP contribution >= 0.6 is 11.6 Å². The van der Waals surface area contributed by atoms with Crippen molar-refractivity contribution in [3.8, 4) is 11.4 Å². The van der Waals surface area contributed by atoms with Crippen LogP contribution in [0.1, 0.15) is 17.0 Å². The van der Waals surface area contributed by atoms with E-state index >= 15 is 0 Å². The second-order valence-electron chi connectivity index (χ2n) is 4.44. The molecule has 1 aromatic carbocycles. The van der Waals surface area contributed by atoms with E-state index in [0.717, 1.165) is 12.1 Å². The third kappa shape index (κ3) is 2.36. The molecule has 1 unspecified atom stereocenters. The van der Waals surface area contributed by atoms with E-state index in [2.05, 4.69) is 15.4 Å². The molecule has 2 heterocycles. The van der Waals surface area contributed by atoms with Crippen molar-refractivity contribution in [3.05, 3.63) is 29.6 Å². The lowest BCUT2D eigenvalue weighted by molar-refractivity contribution is -0.145. The summed E-state index contributed by atoms with van der Waals surface area (Å²) >= 11 is 5.83. The Labute approximate surface area is 123 Å². The van der Waals surface area contributed by atoms with Gasteiger partial charge in [0.15, 0.2) is 11.4 Å². The Morgan fingerprint density at radius 2 is 1.77 bits per heavy atom. The first-order chi connectivity index (χ1) is 10.1. The SMILES string of the molecule is FC(F)(F)c1ccc2c(c1)-c1nc(C(F)(F)F)nn1C(Cl)N2. The fourth-order valence-electron chi connectivity index (χ4n) is 2.01. The summed E-state index contributed by atoms with van der Waals surface area (Å²) in [4.78, 5) is 3.27. The number of aromatic nitrogens is 3. The molecule has 1 atom stereocenters. The molecular weight excluding hydrogens is 338 g/mol. The van der Waals surface area contributed by atoms with Crippen LogP contribution in [0.25, 0.3) is 11.4 Å². The molecule has 1 N–H and O–H groups in total. The Bertz CT molecular complexity index is 735. The highest BCUT2D eigenvalue weighted by atomic mass is 35.5. The van der Waals surface area contributed by atoms with Gasteiger partial charge in [-0.1, -0.05) is 11.6 Å². The molecule has 0 fully saturated rings. The van der Waals surface area contributed by atoms with Gasteiger partial charge in [-0.3, -0.25) is 0 Å². The van der Waals surface area contributed by atoms with Gasteiger partial charge in [0.05, 0.1) is 5.56 Å². The Hall–Kier alpha value is -1.97. The van der Waals surface area contributed by atoms with Crippen molar-refractivity contribution in [3.63, 3.8) is 0 Å². The zero-order valence-corrected chi connectivity index (χ0v) is 11.1. The minimum atomic E-state index is -4.83. The summed E-state index contributed by atoms with van der Waals surface area (Å²) in [5.74, 6) is -1.85. The number of alkyl halides is 7. The van der Waals surface area contributed by atoms with E-state index in [1.807, 2.05) is 0 Å². The highest BCUT2D eigenvalue weighted by molar-refractivity contribution is 6.20. The highest BCUT2D eigenvalue weighted by Gasteiger charge is 2.40. The third-order valence-corrected chi connectivity index (χ3v) is 3.26. The van der Waals surface area contributed by atoms with Gasteiger partial charge in [0.25, 0.3) is 5.82 Å². The smallest absolute Gasteiger partial charge is 0.351 e. The van der Waals surface area contributed by atoms with Gasteiger partial charge in [-0.15, -0.1) is 5.10 Å². The lowest BCUT2D eigenvalue weighted by Crippen LogP contribution is -2.21. The van der Waals surface area contributed by atoms with Crippen LogP contribution in [0.15, 0.2) is 18.2 Å². The van der Waals surface area contributed by atoms with Crippen LogP contribution in [0.5, 0.6) is 0 Å². The van der Waals surface area contributed by atoms with Crippen LogP contribution in [0, 0.1) is 0 Å².